The van der Waals surface area contributed by atoms with Gasteiger partial charge in [0.2, 0.25) is 0 Å². The van der Waals surface area contributed by atoms with Crippen LogP contribution in [0.5, 0.6) is 0 Å². The molecule has 0 spiro atoms. The number of rotatable bonds is 7. The maximum absolute atomic E-state index is 15.5. The first-order valence-corrected chi connectivity index (χ1v) is 14.8. The fourth-order valence-electron chi connectivity index (χ4n) is 6.05. The molecule has 3 heterocycles. The zero-order valence-corrected chi connectivity index (χ0v) is 24.3. The van der Waals surface area contributed by atoms with E-state index in [1.54, 1.807) is 17.0 Å². The van der Waals surface area contributed by atoms with Crippen LogP contribution in [0.1, 0.15) is 57.6 Å². The molecule has 0 aromatic heterocycles. The van der Waals surface area contributed by atoms with E-state index in [9.17, 15) is 4.79 Å². The number of ether oxygens (including phenoxy) is 1. The topological polar surface area (TPSA) is 48.4 Å². The predicted octanol–water partition coefficient (Wildman–Crippen LogP) is 6.26. The molecular formula is C31H39FN4O2S. The summed E-state index contributed by atoms with van der Waals surface area (Å²) in [7, 11) is 0. The normalized spacial score (nSPS) is 23.6. The lowest BCUT2D eigenvalue weighted by Crippen LogP contribution is -2.48. The summed E-state index contributed by atoms with van der Waals surface area (Å²) in [5.74, 6) is -0.113. The van der Waals surface area contributed by atoms with Gasteiger partial charge in [-0.15, -0.1) is 0 Å². The highest BCUT2D eigenvalue weighted by molar-refractivity contribution is 8.18. The molecule has 2 aromatic carbocycles. The highest BCUT2D eigenvalue weighted by Crippen LogP contribution is 2.45. The Labute approximate surface area is 235 Å². The summed E-state index contributed by atoms with van der Waals surface area (Å²) < 4.78 is 21.0. The molecule has 0 aliphatic carbocycles. The van der Waals surface area contributed by atoms with E-state index >= 15 is 4.39 Å². The summed E-state index contributed by atoms with van der Waals surface area (Å²) >= 11 is 1.33. The van der Waals surface area contributed by atoms with E-state index in [1.807, 2.05) is 36.4 Å². The number of nitrogens with zero attached hydrogens (tertiary/aromatic N) is 4. The van der Waals surface area contributed by atoms with Gasteiger partial charge in [-0.1, -0.05) is 25.1 Å². The van der Waals surface area contributed by atoms with Gasteiger partial charge in [0, 0.05) is 49.5 Å². The smallest absolute Gasteiger partial charge is 0.266 e. The molecule has 0 N–H and O–H groups in total. The molecule has 3 aliphatic heterocycles. The third-order valence-electron chi connectivity index (χ3n) is 7.94. The number of anilines is 1. The molecule has 6 nitrogen and oxygen atoms in total. The van der Waals surface area contributed by atoms with Crippen LogP contribution in [-0.2, 0) is 9.53 Å². The quantitative estimate of drug-likeness (QED) is 0.381. The molecular weight excluding hydrogens is 511 g/mol. The minimum Gasteiger partial charge on any atom is -0.379 e. The molecule has 2 saturated heterocycles. The molecule has 39 heavy (non-hydrogen) atoms. The average molecular weight is 551 g/mol. The number of thioether (sulfide) groups is 1. The number of carbonyl (C=O) groups is 1. The summed E-state index contributed by atoms with van der Waals surface area (Å²) in [5.41, 5.74) is 3.32. The number of hydrogen-bond donors (Lipinski definition) is 0. The van der Waals surface area contributed by atoms with Crippen molar-refractivity contribution in [3.05, 3.63) is 64.3 Å². The largest absolute Gasteiger partial charge is 0.379 e. The fourth-order valence-corrected chi connectivity index (χ4v) is 7.07. The Kier molecular flexibility index (Phi) is 8.45. The van der Waals surface area contributed by atoms with E-state index in [-0.39, 0.29) is 17.3 Å². The minimum atomic E-state index is -0.301. The van der Waals surface area contributed by atoms with Gasteiger partial charge in [-0.2, -0.15) is 0 Å². The van der Waals surface area contributed by atoms with Crippen LogP contribution in [0.2, 0.25) is 0 Å². The molecule has 2 aromatic rings. The Morgan fingerprint density at radius 1 is 1.15 bits per heavy atom. The second-order valence-corrected chi connectivity index (χ2v) is 12.2. The molecule has 1 unspecified atom stereocenters. The van der Waals surface area contributed by atoms with Crippen molar-refractivity contribution in [2.75, 3.05) is 50.8 Å². The number of hydrogen-bond acceptors (Lipinski definition) is 6. The lowest BCUT2D eigenvalue weighted by atomic mass is 9.79. The summed E-state index contributed by atoms with van der Waals surface area (Å²) in [6.45, 7) is 14.4. The maximum Gasteiger partial charge on any atom is 0.266 e. The van der Waals surface area contributed by atoms with Crippen molar-refractivity contribution >= 4 is 40.3 Å². The Morgan fingerprint density at radius 2 is 1.90 bits per heavy atom. The zero-order valence-electron chi connectivity index (χ0n) is 23.5. The van der Waals surface area contributed by atoms with Crippen LogP contribution >= 0.6 is 11.8 Å². The van der Waals surface area contributed by atoms with Gasteiger partial charge in [0.1, 0.15) is 5.82 Å². The molecule has 5 rings (SSSR count). The molecule has 0 radical (unpaired) electrons. The van der Waals surface area contributed by atoms with Gasteiger partial charge in [0.25, 0.3) is 5.91 Å². The third kappa shape index (κ3) is 6.08. The van der Waals surface area contributed by atoms with E-state index in [4.69, 9.17) is 9.73 Å². The molecule has 0 bridgehead atoms. The number of morpholine rings is 1. The van der Waals surface area contributed by atoms with E-state index in [0.29, 0.717) is 28.1 Å². The Balaban J connectivity index is 1.43. The van der Waals surface area contributed by atoms with Gasteiger partial charge >= 0.3 is 0 Å². The van der Waals surface area contributed by atoms with E-state index in [2.05, 4.69) is 37.5 Å². The molecule has 3 aliphatic rings. The van der Waals surface area contributed by atoms with Crippen molar-refractivity contribution in [1.82, 2.24) is 9.80 Å². The van der Waals surface area contributed by atoms with Crippen LogP contribution in [0, 0.1) is 5.82 Å². The van der Waals surface area contributed by atoms with Crippen molar-refractivity contribution in [2.24, 2.45) is 4.99 Å². The summed E-state index contributed by atoms with van der Waals surface area (Å²) in [6, 6.07) is 13.3. The van der Waals surface area contributed by atoms with Crippen molar-refractivity contribution in [1.29, 1.82) is 0 Å². The Hall–Kier alpha value is -2.68. The van der Waals surface area contributed by atoms with Crippen molar-refractivity contribution in [2.45, 2.75) is 52.0 Å². The van der Waals surface area contributed by atoms with Crippen LogP contribution in [-0.4, -0.2) is 72.4 Å². The predicted molar refractivity (Wildman–Crippen MR) is 159 cm³/mol. The number of para-hydroxylation sites is 1. The van der Waals surface area contributed by atoms with Crippen LogP contribution in [0.3, 0.4) is 0 Å². The van der Waals surface area contributed by atoms with Gasteiger partial charge in [-0.05, 0) is 87.2 Å². The highest BCUT2D eigenvalue weighted by Gasteiger charge is 2.37. The summed E-state index contributed by atoms with van der Waals surface area (Å²) in [4.78, 5) is 25.3. The number of fused-ring (bicyclic) bond motifs is 1. The van der Waals surface area contributed by atoms with Gasteiger partial charge < -0.3 is 9.64 Å². The average Bonchev–Trinajstić information content (AvgIpc) is 3.19. The first-order valence-electron chi connectivity index (χ1n) is 14.0. The van der Waals surface area contributed by atoms with E-state index < -0.39 is 0 Å². The van der Waals surface area contributed by atoms with Crippen LogP contribution in [0.15, 0.2) is 52.4 Å². The number of benzene rings is 2. The van der Waals surface area contributed by atoms with Crippen molar-refractivity contribution in [3.8, 4) is 0 Å². The number of carbonyl (C=O) groups excluding carboxylic acids is 1. The van der Waals surface area contributed by atoms with Crippen LogP contribution in [0.25, 0.3) is 6.08 Å². The minimum absolute atomic E-state index is 0.0324. The molecule has 2 fully saturated rings. The molecule has 1 amide bonds. The highest BCUT2D eigenvalue weighted by atomic mass is 32.2. The number of aliphatic imine (C=N–C) groups is 1. The number of amidine groups is 1. The maximum atomic E-state index is 15.5. The number of amides is 1. The summed E-state index contributed by atoms with van der Waals surface area (Å²) in [5, 5.41) is 0.644. The van der Waals surface area contributed by atoms with Gasteiger partial charge in [-0.25, -0.2) is 9.38 Å². The third-order valence-corrected chi connectivity index (χ3v) is 8.94. The standard InChI is InChI=1S/C31H39FN4O2S/c1-5-36-27-20-26(32)23(18-25(27)22(2)21-31(36,3)4)19-28-29(37)35(13-9-12-34-14-16-38-17-15-34)30(39-28)33-24-10-7-6-8-11-24/h6-8,10-11,18-20,22H,5,9,12-17,21H2,1-4H3/b28-19+,33-30?. The van der Waals surface area contributed by atoms with E-state index in [1.165, 1.54) is 11.8 Å². The first kappa shape index (κ1) is 27.9. The lowest BCUT2D eigenvalue weighted by Gasteiger charge is -2.47. The number of halogens is 1. The van der Waals surface area contributed by atoms with Gasteiger partial charge in [0.05, 0.1) is 23.8 Å². The van der Waals surface area contributed by atoms with Crippen LogP contribution in [0.4, 0.5) is 15.8 Å². The monoisotopic (exact) mass is 550 g/mol. The second kappa shape index (κ2) is 11.8. The van der Waals surface area contributed by atoms with Gasteiger partial charge in [-0.3, -0.25) is 14.6 Å². The lowest BCUT2D eigenvalue weighted by molar-refractivity contribution is -0.122. The SMILES string of the molecule is CCN1c2cc(F)c(/C=C3/SC(=Nc4ccccc4)N(CCCN4CCOCC4)C3=O)cc2C(C)CC1(C)C. The Morgan fingerprint density at radius 3 is 2.62 bits per heavy atom. The molecule has 1 atom stereocenters. The molecule has 208 valence electrons. The first-order chi connectivity index (χ1) is 18.8. The van der Waals surface area contributed by atoms with Crippen molar-refractivity contribution in [3.63, 3.8) is 0 Å². The van der Waals surface area contributed by atoms with Gasteiger partial charge in [0.15, 0.2) is 5.17 Å². The Bertz CT molecular complexity index is 1260. The molecule has 0 saturated carbocycles. The van der Waals surface area contributed by atoms with E-state index in [0.717, 1.165) is 69.2 Å². The van der Waals surface area contributed by atoms with Crippen molar-refractivity contribution < 1.29 is 13.9 Å². The summed E-state index contributed by atoms with van der Waals surface area (Å²) in [6.07, 6.45) is 3.54. The molecule has 8 heteroatoms. The second-order valence-electron chi connectivity index (χ2n) is 11.2. The zero-order chi connectivity index (χ0) is 27.6. The van der Waals surface area contributed by atoms with Crippen LogP contribution < -0.4 is 4.90 Å². The fraction of sp³-hybridized carbons (Fsp3) is 0.484.